The minimum atomic E-state index is -3.04. The van der Waals surface area contributed by atoms with E-state index < -0.39 is 21.1 Å². The van der Waals surface area contributed by atoms with Crippen molar-refractivity contribution < 1.29 is 18.3 Å². The zero-order valence-corrected chi connectivity index (χ0v) is 9.25. The predicted molar refractivity (Wildman–Crippen MR) is 52.8 cm³/mol. The van der Waals surface area contributed by atoms with Crippen LogP contribution in [0.3, 0.4) is 0 Å². The maximum Gasteiger partial charge on any atom is 0.303 e. The molecule has 0 radical (unpaired) electrons. The van der Waals surface area contributed by atoms with E-state index in [-0.39, 0.29) is 24.0 Å². The van der Waals surface area contributed by atoms with E-state index in [9.17, 15) is 13.2 Å². The lowest BCUT2D eigenvalue weighted by Gasteiger charge is -2.20. The highest BCUT2D eigenvalue weighted by molar-refractivity contribution is 7.92. The number of sulfone groups is 1. The Morgan fingerprint density at radius 1 is 1.50 bits per heavy atom. The van der Waals surface area contributed by atoms with Gasteiger partial charge in [0, 0.05) is 6.42 Å². The molecule has 1 fully saturated rings. The molecule has 0 bridgehead atoms. The summed E-state index contributed by atoms with van der Waals surface area (Å²) >= 11 is 0. The fourth-order valence-electron chi connectivity index (χ4n) is 2.31. The molecule has 82 valence electrons. The van der Waals surface area contributed by atoms with Crippen LogP contribution in [0.25, 0.3) is 0 Å². The summed E-state index contributed by atoms with van der Waals surface area (Å²) in [6, 6.07) is 0. The van der Waals surface area contributed by atoms with Crippen molar-refractivity contribution in [2.45, 2.75) is 31.9 Å². The van der Waals surface area contributed by atoms with Crippen LogP contribution in [-0.2, 0) is 14.6 Å². The van der Waals surface area contributed by atoms with Crippen LogP contribution in [0.1, 0.15) is 26.7 Å². The first-order valence-corrected chi connectivity index (χ1v) is 6.49. The van der Waals surface area contributed by atoms with Gasteiger partial charge in [-0.3, -0.25) is 4.79 Å². The van der Waals surface area contributed by atoms with Crippen molar-refractivity contribution in [3.8, 4) is 0 Å². The zero-order valence-electron chi connectivity index (χ0n) is 8.43. The standard InChI is InChI=1S/C9H16O4S/c1-6(2)9-7(5-8(10)11)3-4-14(9,12)13/h6-7,9H,3-5H2,1-2H3,(H,10,11). The van der Waals surface area contributed by atoms with Gasteiger partial charge >= 0.3 is 5.97 Å². The Hall–Kier alpha value is -0.580. The van der Waals surface area contributed by atoms with E-state index in [1.54, 1.807) is 0 Å². The van der Waals surface area contributed by atoms with Crippen LogP contribution < -0.4 is 0 Å². The fraction of sp³-hybridized carbons (Fsp3) is 0.889. The van der Waals surface area contributed by atoms with Crippen LogP contribution in [0.4, 0.5) is 0 Å². The number of carboxylic acids is 1. The molecule has 0 aromatic carbocycles. The second-order valence-corrected chi connectivity index (χ2v) is 6.50. The lowest BCUT2D eigenvalue weighted by molar-refractivity contribution is -0.138. The third-order valence-corrected chi connectivity index (χ3v) is 5.31. The molecule has 1 aliphatic heterocycles. The van der Waals surface area contributed by atoms with E-state index in [0.29, 0.717) is 6.42 Å². The molecular weight excluding hydrogens is 204 g/mol. The van der Waals surface area contributed by atoms with Gasteiger partial charge in [0.15, 0.2) is 9.84 Å². The Bertz CT molecular complexity index is 318. The lowest BCUT2D eigenvalue weighted by atomic mass is 9.92. The third-order valence-electron chi connectivity index (χ3n) is 2.75. The average Bonchev–Trinajstić information content (AvgIpc) is 2.24. The van der Waals surface area contributed by atoms with Crippen molar-refractivity contribution in [2.75, 3.05) is 5.75 Å². The van der Waals surface area contributed by atoms with E-state index in [1.165, 1.54) is 0 Å². The Balaban J connectivity index is 2.85. The van der Waals surface area contributed by atoms with Crippen molar-refractivity contribution in [1.29, 1.82) is 0 Å². The highest BCUT2D eigenvalue weighted by Crippen LogP contribution is 2.34. The highest BCUT2D eigenvalue weighted by atomic mass is 32.2. The molecule has 0 saturated carbocycles. The fourth-order valence-corrected chi connectivity index (χ4v) is 4.86. The second-order valence-electron chi connectivity index (χ2n) is 4.22. The Morgan fingerprint density at radius 3 is 2.50 bits per heavy atom. The summed E-state index contributed by atoms with van der Waals surface area (Å²) in [6.45, 7) is 3.67. The minimum Gasteiger partial charge on any atom is -0.481 e. The van der Waals surface area contributed by atoms with Crippen molar-refractivity contribution in [3.05, 3.63) is 0 Å². The van der Waals surface area contributed by atoms with Gasteiger partial charge in [0.2, 0.25) is 0 Å². The number of hydrogen-bond acceptors (Lipinski definition) is 3. The van der Waals surface area contributed by atoms with Gasteiger partial charge in [-0.2, -0.15) is 0 Å². The van der Waals surface area contributed by atoms with E-state index in [0.717, 1.165) is 0 Å². The Labute approximate surface area is 84.2 Å². The van der Waals surface area contributed by atoms with Crippen LogP contribution in [0, 0.1) is 11.8 Å². The molecule has 0 aromatic rings. The summed E-state index contributed by atoms with van der Waals surface area (Å²) in [4.78, 5) is 10.5. The van der Waals surface area contributed by atoms with E-state index in [2.05, 4.69) is 0 Å². The highest BCUT2D eigenvalue weighted by Gasteiger charge is 2.42. The summed E-state index contributed by atoms with van der Waals surface area (Å²) in [6.07, 6.45) is 0.472. The van der Waals surface area contributed by atoms with Gasteiger partial charge in [-0.05, 0) is 18.3 Å². The van der Waals surface area contributed by atoms with Crippen molar-refractivity contribution in [2.24, 2.45) is 11.8 Å². The van der Waals surface area contributed by atoms with E-state index in [1.807, 2.05) is 13.8 Å². The monoisotopic (exact) mass is 220 g/mol. The molecule has 0 amide bonds. The molecule has 1 saturated heterocycles. The first-order chi connectivity index (χ1) is 6.34. The van der Waals surface area contributed by atoms with Crippen molar-refractivity contribution in [3.63, 3.8) is 0 Å². The first-order valence-electron chi connectivity index (χ1n) is 4.78. The predicted octanol–water partition coefficient (Wildman–Crippen LogP) is 0.920. The summed E-state index contributed by atoms with van der Waals surface area (Å²) in [7, 11) is -3.04. The average molecular weight is 220 g/mol. The van der Waals surface area contributed by atoms with Gasteiger partial charge < -0.3 is 5.11 Å². The smallest absolute Gasteiger partial charge is 0.303 e. The quantitative estimate of drug-likeness (QED) is 0.767. The largest absolute Gasteiger partial charge is 0.481 e. The van der Waals surface area contributed by atoms with Crippen molar-refractivity contribution >= 4 is 15.8 Å². The van der Waals surface area contributed by atoms with Gasteiger partial charge in [0.1, 0.15) is 0 Å². The van der Waals surface area contributed by atoms with Crippen LogP contribution in [-0.4, -0.2) is 30.5 Å². The molecule has 0 aliphatic carbocycles. The molecule has 2 atom stereocenters. The summed E-state index contributed by atoms with van der Waals surface area (Å²) in [5.74, 6) is -0.949. The topological polar surface area (TPSA) is 71.4 Å². The number of carbonyl (C=O) groups is 1. The maximum absolute atomic E-state index is 11.6. The number of hydrogen-bond donors (Lipinski definition) is 1. The van der Waals surface area contributed by atoms with E-state index >= 15 is 0 Å². The molecule has 1 aliphatic rings. The minimum absolute atomic E-state index is 0.00634. The van der Waals surface area contributed by atoms with Crippen LogP contribution in [0.15, 0.2) is 0 Å². The Kier molecular flexibility index (Phi) is 3.19. The molecule has 4 nitrogen and oxygen atoms in total. The zero-order chi connectivity index (χ0) is 10.9. The normalized spacial score (nSPS) is 30.8. The molecule has 5 heteroatoms. The van der Waals surface area contributed by atoms with Crippen LogP contribution in [0.2, 0.25) is 0 Å². The summed E-state index contributed by atoms with van der Waals surface area (Å²) < 4.78 is 23.2. The first kappa shape index (κ1) is 11.5. The third kappa shape index (κ3) is 2.26. The van der Waals surface area contributed by atoms with Gasteiger partial charge in [-0.25, -0.2) is 8.42 Å². The van der Waals surface area contributed by atoms with E-state index in [4.69, 9.17) is 5.11 Å². The SMILES string of the molecule is CC(C)C1C(CC(=O)O)CCS1(=O)=O. The molecule has 1 heterocycles. The second kappa shape index (κ2) is 3.88. The van der Waals surface area contributed by atoms with Gasteiger partial charge in [0.25, 0.3) is 0 Å². The molecule has 0 aromatic heterocycles. The number of aliphatic carboxylic acids is 1. The lowest BCUT2D eigenvalue weighted by Crippen LogP contribution is -2.29. The van der Waals surface area contributed by atoms with Gasteiger partial charge in [0.05, 0.1) is 11.0 Å². The van der Waals surface area contributed by atoms with Gasteiger partial charge in [-0.1, -0.05) is 13.8 Å². The van der Waals surface area contributed by atoms with Gasteiger partial charge in [-0.15, -0.1) is 0 Å². The van der Waals surface area contributed by atoms with Crippen LogP contribution >= 0.6 is 0 Å². The molecule has 1 rings (SSSR count). The molecule has 14 heavy (non-hydrogen) atoms. The van der Waals surface area contributed by atoms with Crippen LogP contribution in [0.5, 0.6) is 0 Å². The number of carboxylic acid groups (broad SMARTS) is 1. The molecular formula is C9H16O4S. The van der Waals surface area contributed by atoms with Crippen molar-refractivity contribution in [1.82, 2.24) is 0 Å². The molecule has 0 spiro atoms. The maximum atomic E-state index is 11.6. The number of rotatable bonds is 3. The Morgan fingerprint density at radius 2 is 2.07 bits per heavy atom. The summed E-state index contributed by atoms with van der Waals surface area (Å²) in [5, 5.41) is 8.19. The molecule has 2 unspecified atom stereocenters. The molecule has 1 N–H and O–H groups in total. The summed E-state index contributed by atoms with van der Waals surface area (Å²) in [5.41, 5.74) is 0.